The summed E-state index contributed by atoms with van der Waals surface area (Å²) >= 11 is 0. The number of nitrogens with zero attached hydrogens (tertiary/aromatic N) is 4. The van der Waals surface area contributed by atoms with E-state index in [1.165, 1.54) is 4.31 Å². The Kier molecular flexibility index (Phi) is 4.29. The largest absolute Gasteiger partial charge is 0.472 e. The summed E-state index contributed by atoms with van der Waals surface area (Å²) in [4.78, 5) is 4.49. The number of aryl methyl sites for hydroxylation is 1. The molecule has 3 heterocycles. The summed E-state index contributed by atoms with van der Waals surface area (Å²) in [6, 6.07) is 12.4. The second kappa shape index (κ2) is 6.62. The molecule has 1 aliphatic heterocycles. The lowest BCUT2D eigenvalue weighted by atomic mass is 10.2. The van der Waals surface area contributed by atoms with Crippen molar-refractivity contribution in [2.24, 2.45) is 0 Å². The maximum absolute atomic E-state index is 13.1. The number of para-hydroxylation sites is 1. The number of rotatable bonds is 4. The first-order valence-corrected chi connectivity index (χ1v) is 9.79. The summed E-state index contributed by atoms with van der Waals surface area (Å²) in [5.74, 6) is 0.409. The van der Waals surface area contributed by atoms with Crippen molar-refractivity contribution >= 4 is 20.9 Å². The second-order valence-electron chi connectivity index (χ2n) is 6.24. The number of ether oxygens (including phenoxy) is 1. The highest BCUT2D eigenvalue weighted by Gasteiger charge is 2.35. The molecule has 1 fully saturated rings. The SMILES string of the molecule is Cc1ccc(O[C@H]2CCN(S(=O)(=O)c3cccc4cccnc34)C2)nn1. The van der Waals surface area contributed by atoms with Gasteiger partial charge in [-0.15, -0.1) is 5.10 Å². The molecule has 0 radical (unpaired) electrons. The van der Waals surface area contributed by atoms with Crippen molar-refractivity contribution < 1.29 is 13.2 Å². The van der Waals surface area contributed by atoms with E-state index in [9.17, 15) is 8.42 Å². The van der Waals surface area contributed by atoms with Crippen LogP contribution in [-0.2, 0) is 10.0 Å². The van der Waals surface area contributed by atoms with Crippen LogP contribution in [0.3, 0.4) is 0 Å². The molecule has 3 aromatic rings. The smallest absolute Gasteiger partial charge is 0.245 e. The number of hydrogen-bond acceptors (Lipinski definition) is 6. The summed E-state index contributed by atoms with van der Waals surface area (Å²) in [5.41, 5.74) is 1.29. The molecule has 0 N–H and O–H groups in total. The molecule has 0 bridgehead atoms. The molecular formula is C18H18N4O3S. The van der Waals surface area contributed by atoms with Gasteiger partial charge in [0.15, 0.2) is 0 Å². The van der Waals surface area contributed by atoms with Crippen LogP contribution in [0.25, 0.3) is 10.9 Å². The number of aromatic nitrogens is 3. The zero-order valence-electron chi connectivity index (χ0n) is 14.2. The lowest BCUT2D eigenvalue weighted by Gasteiger charge is -2.17. The maximum Gasteiger partial charge on any atom is 0.245 e. The highest BCUT2D eigenvalue weighted by molar-refractivity contribution is 7.89. The van der Waals surface area contributed by atoms with Gasteiger partial charge in [-0.05, 0) is 31.5 Å². The minimum absolute atomic E-state index is 0.228. The van der Waals surface area contributed by atoms with Crippen molar-refractivity contribution in [2.45, 2.75) is 24.3 Å². The van der Waals surface area contributed by atoms with E-state index in [0.717, 1.165) is 11.1 Å². The first-order chi connectivity index (χ1) is 12.5. The molecular weight excluding hydrogens is 352 g/mol. The Bertz CT molecular complexity index is 1030. The predicted molar refractivity (Wildman–Crippen MR) is 96.3 cm³/mol. The van der Waals surface area contributed by atoms with Gasteiger partial charge in [0.25, 0.3) is 0 Å². The maximum atomic E-state index is 13.1. The Hall–Kier alpha value is -2.58. The molecule has 0 aliphatic carbocycles. The van der Waals surface area contributed by atoms with Crippen LogP contribution in [0.1, 0.15) is 12.1 Å². The second-order valence-corrected chi connectivity index (χ2v) is 8.14. The molecule has 0 unspecified atom stereocenters. The lowest BCUT2D eigenvalue weighted by molar-refractivity contribution is 0.204. The Morgan fingerprint density at radius 1 is 1.12 bits per heavy atom. The molecule has 1 saturated heterocycles. The first-order valence-electron chi connectivity index (χ1n) is 8.35. The number of pyridine rings is 1. The van der Waals surface area contributed by atoms with Crippen LogP contribution in [0, 0.1) is 6.92 Å². The zero-order chi connectivity index (χ0) is 18.1. The van der Waals surface area contributed by atoms with Gasteiger partial charge in [-0.1, -0.05) is 18.2 Å². The fourth-order valence-electron chi connectivity index (χ4n) is 3.06. The van der Waals surface area contributed by atoms with Gasteiger partial charge < -0.3 is 4.74 Å². The van der Waals surface area contributed by atoms with E-state index in [1.807, 2.05) is 25.1 Å². The third-order valence-corrected chi connectivity index (χ3v) is 6.28. The Morgan fingerprint density at radius 2 is 1.96 bits per heavy atom. The number of fused-ring (bicyclic) bond motifs is 1. The van der Waals surface area contributed by atoms with Gasteiger partial charge in [0, 0.05) is 24.2 Å². The summed E-state index contributed by atoms with van der Waals surface area (Å²) in [5, 5.41) is 8.73. The minimum Gasteiger partial charge on any atom is -0.472 e. The Balaban J connectivity index is 1.56. The molecule has 4 rings (SSSR count). The van der Waals surface area contributed by atoms with E-state index in [0.29, 0.717) is 24.4 Å². The third-order valence-electron chi connectivity index (χ3n) is 4.38. The molecule has 134 valence electrons. The molecule has 7 nitrogen and oxygen atoms in total. The monoisotopic (exact) mass is 370 g/mol. The molecule has 1 atom stereocenters. The molecule has 0 saturated carbocycles. The van der Waals surface area contributed by atoms with E-state index >= 15 is 0 Å². The molecule has 8 heteroatoms. The standard InChI is InChI=1S/C18H18N4O3S/c1-13-7-8-17(21-20-13)25-15-9-11-22(12-15)26(23,24)16-6-2-4-14-5-3-10-19-18(14)16/h2-8,10,15H,9,11-12H2,1H3/t15-/m0/s1. The van der Waals surface area contributed by atoms with Gasteiger partial charge in [0.05, 0.1) is 17.8 Å². The minimum atomic E-state index is -3.64. The average molecular weight is 370 g/mol. The van der Waals surface area contributed by atoms with Gasteiger partial charge in [0.2, 0.25) is 15.9 Å². The van der Waals surface area contributed by atoms with Crippen LogP contribution < -0.4 is 4.74 Å². The summed E-state index contributed by atoms with van der Waals surface area (Å²) in [6.45, 7) is 2.52. The summed E-state index contributed by atoms with van der Waals surface area (Å²) in [7, 11) is -3.64. The van der Waals surface area contributed by atoms with Gasteiger partial charge in [-0.2, -0.15) is 9.40 Å². The van der Waals surface area contributed by atoms with Crippen LogP contribution >= 0.6 is 0 Å². The normalized spacial score (nSPS) is 18.3. The molecule has 1 aliphatic rings. The quantitative estimate of drug-likeness (QED) is 0.700. The number of sulfonamides is 1. The lowest BCUT2D eigenvalue weighted by Crippen LogP contribution is -2.31. The van der Waals surface area contributed by atoms with Crippen LogP contribution in [0.15, 0.2) is 53.6 Å². The molecule has 2 aromatic heterocycles. The van der Waals surface area contributed by atoms with E-state index in [-0.39, 0.29) is 17.5 Å². The van der Waals surface area contributed by atoms with Crippen molar-refractivity contribution in [2.75, 3.05) is 13.1 Å². The highest BCUT2D eigenvalue weighted by Crippen LogP contribution is 2.27. The summed E-state index contributed by atoms with van der Waals surface area (Å²) < 4.78 is 33.4. The average Bonchev–Trinajstić information content (AvgIpc) is 3.12. The predicted octanol–water partition coefficient (Wildman–Crippen LogP) is 2.18. The Morgan fingerprint density at radius 3 is 2.77 bits per heavy atom. The summed E-state index contributed by atoms with van der Waals surface area (Å²) in [6.07, 6.45) is 1.96. The van der Waals surface area contributed by atoms with E-state index < -0.39 is 10.0 Å². The van der Waals surface area contributed by atoms with Crippen molar-refractivity contribution in [1.82, 2.24) is 19.5 Å². The molecule has 0 amide bonds. The van der Waals surface area contributed by atoms with Crippen LogP contribution in [0.5, 0.6) is 5.88 Å². The third kappa shape index (κ3) is 3.13. The molecule has 0 spiro atoms. The topological polar surface area (TPSA) is 85.3 Å². The fourth-order valence-corrected chi connectivity index (χ4v) is 4.71. The van der Waals surface area contributed by atoms with Gasteiger partial charge in [-0.3, -0.25) is 4.98 Å². The van der Waals surface area contributed by atoms with Crippen LogP contribution in [0.2, 0.25) is 0 Å². The van der Waals surface area contributed by atoms with Gasteiger partial charge in [-0.25, -0.2) is 8.42 Å². The number of hydrogen-bond donors (Lipinski definition) is 0. The van der Waals surface area contributed by atoms with E-state index in [1.54, 1.807) is 30.5 Å². The van der Waals surface area contributed by atoms with Gasteiger partial charge in [0.1, 0.15) is 11.0 Å². The Labute approximate surface area is 151 Å². The zero-order valence-corrected chi connectivity index (χ0v) is 15.1. The number of benzene rings is 1. The van der Waals surface area contributed by atoms with E-state index in [2.05, 4.69) is 15.2 Å². The van der Waals surface area contributed by atoms with E-state index in [4.69, 9.17) is 4.74 Å². The molecule has 1 aromatic carbocycles. The van der Waals surface area contributed by atoms with Crippen LogP contribution in [-0.4, -0.2) is 47.1 Å². The van der Waals surface area contributed by atoms with Crippen molar-refractivity contribution in [1.29, 1.82) is 0 Å². The van der Waals surface area contributed by atoms with Crippen molar-refractivity contribution in [3.05, 3.63) is 54.4 Å². The van der Waals surface area contributed by atoms with Crippen molar-refractivity contribution in [3.63, 3.8) is 0 Å². The van der Waals surface area contributed by atoms with Crippen molar-refractivity contribution in [3.8, 4) is 5.88 Å². The first kappa shape index (κ1) is 16.9. The van der Waals surface area contributed by atoms with Crippen LogP contribution in [0.4, 0.5) is 0 Å². The van der Waals surface area contributed by atoms with Gasteiger partial charge >= 0.3 is 0 Å². The molecule has 26 heavy (non-hydrogen) atoms. The fraction of sp³-hybridized carbons (Fsp3) is 0.278. The highest BCUT2D eigenvalue weighted by atomic mass is 32.2.